The lowest BCUT2D eigenvalue weighted by molar-refractivity contribution is 0.220. The Kier molecular flexibility index (Phi) is 5.59. The van der Waals surface area contributed by atoms with Gasteiger partial charge in [0.15, 0.2) is 0 Å². The topological polar surface area (TPSA) is 17.4 Å². The third-order valence-electron chi connectivity index (χ3n) is 6.01. The van der Waals surface area contributed by atoms with Crippen LogP contribution < -0.4 is 4.74 Å². The molecule has 0 radical (unpaired) electrons. The number of ether oxygens (including phenoxy) is 1. The minimum Gasteiger partial charge on any atom is -0.457 e. The quantitative estimate of drug-likeness (QED) is 0.371. The van der Waals surface area contributed by atoms with Crippen molar-refractivity contribution in [2.45, 2.75) is 32.5 Å². The van der Waals surface area contributed by atoms with E-state index in [9.17, 15) is 0 Å². The molecular weight excluding hydrogens is 380 g/mol. The minimum absolute atomic E-state index is 0.193. The van der Waals surface area contributed by atoms with E-state index in [0.717, 1.165) is 37.6 Å². The molecule has 1 atom stereocenters. The lowest BCUT2D eigenvalue weighted by Gasteiger charge is -2.31. The normalized spacial score (nSPS) is 16.5. The van der Waals surface area contributed by atoms with E-state index < -0.39 is 0 Å². The van der Waals surface area contributed by atoms with Crippen molar-refractivity contribution >= 4 is 0 Å². The van der Waals surface area contributed by atoms with Gasteiger partial charge in [-0.25, -0.2) is 0 Å². The van der Waals surface area contributed by atoms with Crippen molar-refractivity contribution in [3.05, 3.63) is 120 Å². The standard InChI is InChI=1S/C28H28N2O/c1-22-13-15-23(16-14-22)21-30-19-7-18-29-17-6-12-27(29)28(30)24-8-5-11-26(20-24)31-25-9-3-2-4-10-25/h2-6,8-17,20,28H,7,18-19,21H2,1H3/t28-/m1/s1. The molecule has 2 heterocycles. The van der Waals surface area contributed by atoms with Crippen LogP contribution in [0.25, 0.3) is 0 Å². The van der Waals surface area contributed by atoms with Crippen molar-refractivity contribution in [3.8, 4) is 11.5 Å². The van der Waals surface area contributed by atoms with Gasteiger partial charge in [0.05, 0.1) is 6.04 Å². The summed E-state index contributed by atoms with van der Waals surface area (Å²) in [7, 11) is 0. The first-order valence-corrected chi connectivity index (χ1v) is 11.0. The van der Waals surface area contributed by atoms with Crippen LogP contribution in [0.1, 0.15) is 34.8 Å². The van der Waals surface area contributed by atoms with E-state index in [2.05, 4.69) is 77.2 Å². The molecule has 0 spiro atoms. The van der Waals surface area contributed by atoms with E-state index in [-0.39, 0.29) is 6.04 Å². The molecule has 31 heavy (non-hydrogen) atoms. The molecule has 5 rings (SSSR count). The number of hydrogen-bond donors (Lipinski definition) is 0. The zero-order valence-corrected chi connectivity index (χ0v) is 17.9. The number of para-hydroxylation sites is 1. The van der Waals surface area contributed by atoms with Gasteiger partial charge < -0.3 is 9.30 Å². The summed E-state index contributed by atoms with van der Waals surface area (Å²) in [6.45, 7) is 5.19. The zero-order chi connectivity index (χ0) is 21.0. The summed E-state index contributed by atoms with van der Waals surface area (Å²) in [4.78, 5) is 2.60. The van der Waals surface area contributed by atoms with Crippen LogP contribution in [0, 0.1) is 6.92 Å². The molecule has 3 aromatic carbocycles. The van der Waals surface area contributed by atoms with Crippen LogP contribution in [0.2, 0.25) is 0 Å². The summed E-state index contributed by atoms with van der Waals surface area (Å²) < 4.78 is 8.56. The smallest absolute Gasteiger partial charge is 0.127 e. The molecule has 1 aliphatic rings. The molecule has 4 aromatic rings. The van der Waals surface area contributed by atoms with Crippen LogP contribution in [0.5, 0.6) is 11.5 Å². The summed E-state index contributed by atoms with van der Waals surface area (Å²) >= 11 is 0. The summed E-state index contributed by atoms with van der Waals surface area (Å²) in [5.74, 6) is 1.74. The Morgan fingerprint density at radius 2 is 1.61 bits per heavy atom. The second kappa shape index (κ2) is 8.83. The molecule has 3 heteroatoms. The molecule has 0 bridgehead atoms. The molecule has 3 nitrogen and oxygen atoms in total. The third kappa shape index (κ3) is 4.42. The first-order valence-electron chi connectivity index (χ1n) is 11.0. The van der Waals surface area contributed by atoms with Crippen LogP contribution in [-0.4, -0.2) is 16.0 Å². The third-order valence-corrected chi connectivity index (χ3v) is 6.01. The van der Waals surface area contributed by atoms with Crippen molar-refractivity contribution in [2.75, 3.05) is 6.54 Å². The van der Waals surface area contributed by atoms with Crippen LogP contribution in [0.15, 0.2) is 97.2 Å². The number of nitrogens with zero attached hydrogens (tertiary/aromatic N) is 2. The van der Waals surface area contributed by atoms with Gasteiger partial charge in [0.1, 0.15) is 11.5 Å². The lowest BCUT2D eigenvalue weighted by atomic mass is 10.0. The number of aromatic nitrogens is 1. The highest BCUT2D eigenvalue weighted by Crippen LogP contribution is 2.35. The average Bonchev–Trinajstić information content (AvgIpc) is 3.17. The van der Waals surface area contributed by atoms with E-state index in [0.29, 0.717) is 0 Å². The predicted octanol–water partition coefficient (Wildman–Crippen LogP) is 6.58. The molecular formula is C28H28N2O. The van der Waals surface area contributed by atoms with Gasteiger partial charge in [0, 0.05) is 31.5 Å². The van der Waals surface area contributed by atoms with Gasteiger partial charge in [-0.15, -0.1) is 0 Å². The predicted molar refractivity (Wildman–Crippen MR) is 125 cm³/mol. The van der Waals surface area contributed by atoms with Gasteiger partial charge in [-0.2, -0.15) is 0 Å². The number of aryl methyl sites for hydroxylation is 2. The molecule has 0 fully saturated rings. The number of hydrogen-bond acceptors (Lipinski definition) is 2. The fourth-order valence-electron chi connectivity index (χ4n) is 4.49. The van der Waals surface area contributed by atoms with Crippen molar-refractivity contribution in [2.24, 2.45) is 0 Å². The zero-order valence-electron chi connectivity index (χ0n) is 17.9. The Balaban J connectivity index is 1.50. The molecule has 0 amide bonds. The monoisotopic (exact) mass is 408 g/mol. The minimum atomic E-state index is 0.193. The highest BCUT2D eigenvalue weighted by molar-refractivity contribution is 5.38. The summed E-state index contributed by atoms with van der Waals surface area (Å²) in [6.07, 6.45) is 3.35. The van der Waals surface area contributed by atoms with Crippen molar-refractivity contribution in [1.29, 1.82) is 0 Å². The van der Waals surface area contributed by atoms with E-state index >= 15 is 0 Å². The van der Waals surface area contributed by atoms with Gasteiger partial charge in [-0.05, 0) is 60.9 Å². The van der Waals surface area contributed by atoms with Gasteiger partial charge in [0.2, 0.25) is 0 Å². The van der Waals surface area contributed by atoms with Gasteiger partial charge in [0.25, 0.3) is 0 Å². The highest BCUT2D eigenvalue weighted by atomic mass is 16.5. The molecule has 0 saturated carbocycles. The van der Waals surface area contributed by atoms with Crippen LogP contribution in [0.4, 0.5) is 0 Å². The molecule has 0 saturated heterocycles. The fraction of sp³-hybridized carbons (Fsp3) is 0.214. The second-order valence-electron chi connectivity index (χ2n) is 8.33. The van der Waals surface area contributed by atoms with E-state index in [1.807, 2.05) is 36.4 Å². The van der Waals surface area contributed by atoms with Crippen molar-refractivity contribution < 1.29 is 4.74 Å². The Labute approximate surface area is 184 Å². The second-order valence-corrected chi connectivity index (χ2v) is 8.33. The number of rotatable bonds is 5. The molecule has 0 N–H and O–H groups in total. The summed E-state index contributed by atoms with van der Waals surface area (Å²) in [6, 6.07) is 32.1. The SMILES string of the molecule is Cc1ccc(CN2CCCn3cccc3[C@H]2c2cccc(Oc3ccccc3)c2)cc1. The Morgan fingerprint density at radius 1 is 0.806 bits per heavy atom. The van der Waals surface area contributed by atoms with Crippen LogP contribution >= 0.6 is 0 Å². The van der Waals surface area contributed by atoms with Gasteiger partial charge >= 0.3 is 0 Å². The maximum Gasteiger partial charge on any atom is 0.127 e. The molecule has 156 valence electrons. The molecule has 1 aliphatic heterocycles. The van der Waals surface area contributed by atoms with Crippen molar-refractivity contribution in [3.63, 3.8) is 0 Å². The first kappa shape index (κ1) is 19.7. The summed E-state index contributed by atoms with van der Waals surface area (Å²) in [5.41, 5.74) is 5.27. The average molecular weight is 409 g/mol. The van der Waals surface area contributed by atoms with E-state index in [1.165, 1.54) is 22.4 Å². The van der Waals surface area contributed by atoms with E-state index in [4.69, 9.17) is 4.74 Å². The Bertz CT molecular complexity index is 1130. The first-order chi connectivity index (χ1) is 15.3. The number of benzene rings is 3. The largest absolute Gasteiger partial charge is 0.457 e. The molecule has 1 aromatic heterocycles. The maximum atomic E-state index is 6.15. The maximum absolute atomic E-state index is 6.15. The molecule has 0 aliphatic carbocycles. The van der Waals surface area contributed by atoms with Gasteiger partial charge in [-0.1, -0.05) is 60.2 Å². The Morgan fingerprint density at radius 3 is 2.45 bits per heavy atom. The molecule has 0 unspecified atom stereocenters. The highest BCUT2D eigenvalue weighted by Gasteiger charge is 2.27. The van der Waals surface area contributed by atoms with Crippen LogP contribution in [0.3, 0.4) is 0 Å². The van der Waals surface area contributed by atoms with E-state index in [1.54, 1.807) is 0 Å². The lowest BCUT2D eigenvalue weighted by Crippen LogP contribution is -2.29. The Hall–Kier alpha value is -3.30. The van der Waals surface area contributed by atoms with Crippen LogP contribution in [-0.2, 0) is 13.1 Å². The number of fused-ring (bicyclic) bond motifs is 1. The fourth-order valence-corrected chi connectivity index (χ4v) is 4.49. The van der Waals surface area contributed by atoms with Crippen molar-refractivity contribution in [1.82, 2.24) is 9.47 Å². The van der Waals surface area contributed by atoms with Gasteiger partial charge in [-0.3, -0.25) is 4.90 Å². The summed E-state index contributed by atoms with van der Waals surface area (Å²) in [5, 5.41) is 0.